The number of rotatable bonds is 7. The molecule has 1 amide bonds. The van der Waals surface area contributed by atoms with E-state index in [2.05, 4.69) is 33.1 Å². The minimum Gasteiger partial charge on any atom is -0.367 e. The van der Waals surface area contributed by atoms with E-state index in [0.29, 0.717) is 11.5 Å². The Morgan fingerprint density at radius 2 is 2.06 bits per heavy atom. The van der Waals surface area contributed by atoms with Gasteiger partial charge in [-0.3, -0.25) is 4.79 Å². The number of aromatic nitrogens is 2. The lowest BCUT2D eigenvalue weighted by atomic mass is 10.3. The van der Waals surface area contributed by atoms with Gasteiger partial charge in [0.05, 0.1) is 0 Å². The Hall–Kier alpha value is -1.69. The highest BCUT2D eigenvalue weighted by Crippen LogP contribution is 2.00. The van der Waals surface area contributed by atoms with Crippen LogP contribution in [-0.2, 0) is 0 Å². The molecule has 0 atom stereocenters. The van der Waals surface area contributed by atoms with E-state index in [1.807, 2.05) is 0 Å². The van der Waals surface area contributed by atoms with E-state index in [9.17, 15) is 4.79 Å². The number of nitrogens with one attached hydrogen (secondary N) is 3. The fourth-order valence-electron chi connectivity index (χ4n) is 1.26. The van der Waals surface area contributed by atoms with Gasteiger partial charge in [0.1, 0.15) is 5.82 Å². The van der Waals surface area contributed by atoms with Crippen molar-refractivity contribution >= 4 is 11.7 Å². The predicted molar refractivity (Wildman–Crippen MR) is 67.1 cm³/mol. The molecule has 0 unspecified atom stereocenters. The molecule has 94 valence electrons. The van der Waals surface area contributed by atoms with Crippen molar-refractivity contribution in [2.24, 2.45) is 0 Å². The molecule has 6 heteroatoms. The molecule has 0 radical (unpaired) electrons. The summed E-state index contributed by atoms with van der Waals surface area (Å²) in [5.41, 5.74) is 0.321. The number of hydrogen-bond donors (Lipinski definition) is 3. The molecule has 1 aromatic heterocycles. The first-order chi connectivity index (χ1) is 8.27. The summed E-state index contributed by atoms with van der Waals surface area (Å²) in [6.45, 7) is 4.81. The summed E-state index contributed by atoms with van der Waals surface area (Å²) >= 11 is 0. The highest BCUT2D eigenvalue weighted by molar-refractivity contribution is 5.91. The van der Waals surface area contributed by atoms with Gasteiger partial charge < -0.3 is 16.0 Å². The van der Waals surface area contributed by atoms with Crippen LogP contribution in [0.3, 0.4) is 0 Å². The second-order valence-electron chi connectivity index (χ2n) is 3.56. The largest absolute Gasteiger partial charge is 0.367 e. The molecule has 0 bridgehead atoms. The first-order valence-corrected chi connectivity index (χ1v) is 5.78. The molecule has 17 heavy (non-hydrogen) atoms. The van der Waals surface area contributed by atoms with E-state index in [1.165, 1.54) is 0 Å². The molecule has 0 saturated carbocycles. The van der Waals surface area contributed by atoms with Crippen molar-refractivity contribution in [3.63, 3.8) is 0 Å². The van der Waals surface area contributed by atoms with Gasteiger partial charge in [-0.15, -0.1) is 10.2 Å². The third-order valence-corrected chi connectivity index (χ3v) is 2.16. The molecule has 0 aliphatic heterocycles. The van der Waals surface area contributed by atoms with Gasteiger partial charge >= 0.3 is 0 Å². The Morgan fingerprint density at radius 1 is 1.24 bits per heavy atom. The van der Waals surface area contributed by atoms with Crippen LogP contribution in [0.15, 0.2) is 12.1 Å². The zero-order valence-corrected chi connectivity index (χ0v) is 10.3. The maximum atomic E-state index is 11.2. The molecule has 0 aromatic carbocycles. The SMILES string of the molecule is CCCNCCNc1ccc(C(=O)NC)nn1. The summed E-state index contributed by atoms with van der Waals surface area (Å²) in [6, 6.07) is 3.39. The topological polar surface area (TPSA) is 78.9 Å². The molecule has 0 aliphatic rings. The van der Waals surface area contributed by atoms with E-state index in [-0.39, 0.29) is 5.91 Å². The zero-order valence-electron chi connectivity index (χ0n) is 10.3. The van der Waals surface area contributed by atoms with E-state index in [0.717, 1.165) is 26.1 Å². The van der Waals surface area contributed by atoms with Gasteiger partial charge in [-0.1, -0.05) is 6.92 Å². The first kappa shape index (κ1) is 13.4. The monoisotopic (exact) mass is 237 g/mol. The van der Waals surface area contributed by atoms with Crippen LogP contribution in [0, 0.1) is 0 Å². The standard InChI is InChI=1S/C11H19N5O/c1-3-6-13-7-8-14-10-5-4-9(15-16-10)11(17)12-2/h4-5,13H,3,6-8H2,1-2H3,(H,12,17)(H,14,16). The number of hydrogen-bond acceptors (Lipinski definition) is 5. The number of nitrogens with zero attached hydrogens (tertiary/aromatic N) is 2. The van der Waals surface area contributed by atoms with Gasteiger partial charge in [0, 0.05) is 20.1 Å². The highest BCUT2D eigenvalue weighted by atomic mass is 16.1. The second kappa shape index (κ2) is 7.56. The van der Waals surface area contributed by atoms with E-state index >= 15 is 0 Å². The summed E-state index contributed by atoms with van der Waals surface area (Å²) in [7, 11) is 1.57. The summed E-state index contributed by atoms with van der Waals surface area (Å²) in [5, 5.41) is 16.6. The molecule has 0 saturated heterocycles. The number of amides is 1. The van der Waals surface area contributed by atoms with Crippen molar-refractivity contribution in [2.75, 3.05) is 32.0 Å². The van der Waals surface area contributed by atoms with E-state index < -0.39 is 0 Å². The molecule has 0 spiro atoms. The van der Waals surface area contributed by atoms with Gasteiger partial charge in [0.2, 0.25) is 0 Å². The summed E-state index contributed by atoms with van der Waals surface area (Å²) in [5.74, 6) is 0.449. The van der Waals surface area contributed by atoms with Crippen molar-refractivity contribution in [1.29, 1.82) is 0 Å². The average Bonchev–Trinajstić information content (AvgIpc) is 2.38. The third-order valence-electron chi connectivity index (χ3n) is 2.16. The van der Waals surface area contributed by atoms with Crippen molar-refractivity contribution in [3.8, 4) is 0 Å². The maximum Gasteiger partial charge on any atom is 0.271 e. The predicted octanol–water partition coefficient (Wildman–Crippen LogP) is 0.248. The fourth-order valence-corrected chi connectivity index (χ4v) is 1.26. The molecule has 0 aliphatic carbocycles. The molecule has 3 N–H and O–H groups in total. The third kappa shape index (κ3) is 4.78. The van der Waals surface area contributed by atoms with Crippen LogP contribution in [0.4, 0.5) is 5.82 Å². The first-order valence-electron chi connectivity index (χ1n) is 5.78. The van der Waals surface area contributed by atoms with Crippen molar-refractivity contribution in [3.05, 3.63) is 17.8 Å². The van der Waals surface area contributed by atoms with Crippen LogP contribution in [-0.4, -0.2) is 42.8 Å². The lowest BCUT2D eigenvalue weighted by Gasteiger charge is -2.06. The van der Waals surface area contributed by atoms with Gasteiger partial charge in [-0.05, 0) is 25.1 Å². The molecule has 6 nitrogen and oxygen atoms in total. The molecule has 1 rings (SSSR count). The van der Waals surface area contributed by atoms with Gasteiger partial charge in [0.15, 0.2) is 5.69 Å². The molecule has 1 aromatic rings. The Kier molecular flexibility index (Phi) is 5.95. The number of anilines is 1. The van der Waals surface area contributed by atoms with Gasteiger partial charge in [-0.25, -0.2) is 0 Å². The normalized spacial score (nSPS) is 10.0. The Labute approximate surface area is 101 Å². The lowest BCUT2D eigenvalue weighted by molar-refractivity contribution is 0.0957. The van der Waals surface area contributed by atoms with Gasteiger partial charge in [-0.2, -0.15) is 0 Å². The second-order valence-corrected chi connectivity index (χ2v) is 3.56. The molecule has 1 heterocycles. The summed E-state index contributed by atoms with van der Waals surface area (Å²) in [6.07, 6.45) is 1.13. The Morgan fingerprint density at radius 3 is 2.65 bits per heavy atom. The number of carbonyl (C=O) groups excluding carboxylic acids is 1. The quantitative estimate of drug-likeness (QED) is 0.592. The minimum atomic E-state index is -0.228. The Bertz CT molecular complexity index is 338. The van der Waals surface area contributed by atoms with Crippen LogP contribution in [0.1, 0.15) is 23.8 Å². The minimum absolute atomic E-state index is 0.228. The van der Waals surface area contributed by atoms with Crippen LogP contribution in [0.2, 0.25) is 0 Å². The fraction of sp³-hybridized carbons (Fsp3) is 0.545. The van der Waals surface area contributed by atoms with Crippen molar-refractivity contribution < 1.29 is 4.79 Å². The van der Waals surface area contributed by atoms with Crippen LogP contribution in [0.25, 0.3) is 0 Å². The van der Waals surface area contributed by atoms with Crippen LogP contribution < -0.4 is 16.0 Å². The summed E-state index contributed by atoms with van der Waals surface area (Å²) < 4.78 is 0. The molecular weight excluding hydrogens is 218 g/mol. The van der Waals surface area contributed by atoms with Crippen LogP contribution >= 0.6 is 0 Å². The molecule has 0 fully saturated rings. The average molecular weight is 237 g/mol. The van der Waals surface area contributed by atoms with E-state index in [1.54, 1.807) is 19.2 Å². The van der Waals surface area contributed by atoms with Crippen molar-refractivity contribution in [2.45, 2.75) is 13.3 Å². The Balaban J connectivity index is 2.33. The maximum absolute atomic E-state index is 11.2. The van der Waals surface area contributed by atoms with Crippen LogP contribution in [0.5, 0.6) is 0 Å². The van der Waals surface area contributed by atoms with Gasteiger partial charge in [0.25, 0.3) is 5.91 Å². The number of carbonyl (C=O) groups is 1. The smallest absolute Gasteiger partial charge is 0.271 e. The zero-order chi connectivity index (χ0) is 12.5. The van der Waals surface area contributed by atoms with Crippen molar-refractivity contribution in [1.82, 2.24) is 20.8 Å². The highest BCUT2D eigenvalue weighted by Gasteiger charge is 2.04. The lowest BCUT2D eigenvalue weighted by Crippen LogP contribution is -2.23. The van der Waals surface area contributed by atoms with E-state index in [4.69, 9.17) is 0 Å². The summed E-state index contributed by atoms with van der Waals surface area (Å²) in [4.78, 5) is 11.2. The molecular formula is C11H19N5O.